The summed E-state index contributed by atoms with van der Waals surface area (Å²) in [6, 6.07) is 12.0. The molecular weight excluding hydrogens is 454 g/mol. The van der Waals surface area contributed by atoms with Gasteiger partial charge in [-0.1, -0.05) is 28.1 Å². The van der Waals surface area contributed by atoms with Gasteiger partial charge in [-0.15, -0.1) is 11.3 Å². The summed E-state index contributed by atoms with van der Waals surface area (Å²) in [5.74, 6) is 0.0975. The Hall–Kier alpha value is -1.74. The Kier molecular flexibility index (Phi) is 8.23. The first kappa shape index (κ1) is 22.0. The third kappa shape index (κ3) is 6.37. The first-order chi connectivity index (χ1) is 14.1. The molecule has 0 unspecified atom stereocenters. The lowest BCUT2D eigenvalue weighted by molar-refractivity contribution is -0.122. The predicted octanol–water partition coefficient (Wildman–Crippen LogP) is 3.09. The molecule has 1 N–H and O–H groups in total. The van der Waals surface area contributed by atoms with Crippen LogP contribution in [0, 0.1) is 0 Å². The summed E-state index contributed by atoms with van der Waals surface area (Å²) in [5.41, 5.74) is 1.11. The molecule has 0 bridgehead atoms. The van der Waals surface area contributed by atoms with Gasteiger partial charge >= 0.3 is 0 Å². The van der Waals surface area contributed by atoms with E-state index in [1.807, 2.05) is 41.3 Å². The number of rotatable bonds is 8. The van der Waals surface area contributed by atoms with Gasteiger partial charge in [-0.2, -0.15) is 0 Å². The van der Waals surface area contributed by atoms with Crippen LogP contribution in [0.3, 0.4) is 0 Å². The topological polar surface area (TPSA) is 61.9 Å². The highest BCUT2D eigenvalue weighted by molar-refractivity contribution is 9.10. The second-order valence-corrected chi connectivity index (χ2v) is 8.93. The van der Waals surface area contributed by atoms with E-state index in [4.69, 9.17) is 4.74 Å². The Labute approximate surface area is 184 Å². The quantitative estimate of drug-likeness (QED) is 0.590. The van der Waals surface area contributed by atoms with Crippen molar-refractivity contribution in [1.29, 1.82) is 0 Å². The highest BCUT2D eigenvalue weighted by atomic mass is 79.9. The maximum absolute atomic E-state index is 12.8. The standard InChI is InChI=1S/C21H26BrN3O3S/c1-28-14-2-9-23-20(26)15-24-10-12-25(13-11-24)21(27)19-8-7-18(29-19)16-3-5-17(22)6-4-16/h3-8H,2,9-15H2,1H3,(H,23,26). The van der Waals surface area contributed by atoms with Crippen LogP contribution in [0.4, 0.5) is 0 Å². The molecule has 156 valence electrons. The normalized spacial score (nSPS) is 14.8. The molecule has 2 heterocycles. The fraction of sp³-hybridized carbons (Fsp3) is 0.429. The molecule has 0 aliphatic carbocycles. The van der Waals surface area contributed by atoms with Gasteiger partial charge in [0.25, 0.3) is 5.91 Å². The van der Waals surface area contributed by atoms with Crippen molar-refractivity contribution in [3.8, 4) is 10.4 Å². The zero-order chi connectivity index (χ0) is 20.6. The lowest BCUT2D eigenvalue weighted by atomic mass is 10.2. The van der Waals surface area contributed by atoms with Gasteiger partial charge in [0.1, 0.15) is 0 Å². The van der Waals surface area contributed by atoms with Gasteiger partial charge in [-0.05, 0) is 36.2 Å². The van der Waals surface area contributed by atoms with Gasteiger partial charge < -0.3 is 15.0 Å². The van der Waals surface area contributed by atoms with Crippen LogP contribution in [-0.4, -0.2) is 74.6 Å². The fourth-order valence-electron chi connectivity index (χ4n) is 3.19. The zero-order valence-electron chi connectivity index (χ0n) is 16.5. The van der Waals surface area contributed by atoms with Crippen LogP contribution in [0.15, 0.2) is 40.9 Å². The number of ether oxygens (including phenoxy) is 1. The number of hydrogen-bond acceptors (Lipinski definition) is 5. The molecular formula is C21H26BrN3O3S. The Morgan fingerprint density at radius 2 is 1.83 bits per heavy atom. The van der Waals surface area contributed by atoms with Gasteiger partial charge in [0, 0.05) is 55.8 Å². The zero-order valence-corrected chi connectivity index (χ0v) is 18.9. The molecule has 1 saturated heterocycles. The highest BCUT2D eigenvalue weighted by Crippen LogP contribution is 2.30. The second-order valence-electron chi connectivity index (χ2n) is 6.94. The van der Waals surface area contributed by atoms with E-state index in [0.29, 0.717) is 45.9 Å². The van der Waals surface area contributed by atoms with Crippen molar-refractivity contribution in [2.75, 3.05) is 53.0 Å². The number of thiophene rings is 1. The fourth-order valence-corrected chi connectivity index (χ4v) is 4.43. The number of nitrogens with one attached hydrogen (secondary N) is 1. The average molecular weight is 480 g/mol. The minimum absolute atomic E-state index is 0.0262. The van der Waals surface area contributed by atoms with Crippen molar-refractivity contribution in [2.45, 2.75) is 6.42 Å². The van der Waals surface area contributed by atoms with Crippen molar-refractivity contribution in [3.63, 3.8) is 0 Å². The molecule has 0 atom stereocenters. The molecule has 1 fully saturated rings. The molecule has 1 aromatic heterocycles. The molecule has 1 aliphatic rings. The lowest BCUT2D eigenvalue weighted by Gasteiger charge is -2.34. The number of nitrogens with zero attached hydrogens (tertiary/aromatic N) is 2. The number of benzene rings is 1. The molecule has 2 amide bonds. The van der Waals surface area contributed by atoms with E-state index < -0.39 is 0 Å². The maximum Gasteiger partial charge on any atom is 0.264 e. The molecule has 0 radical (unpaired) electrons. The number of carbonyl (C=O) groups excluding carboxylic acids is 2. The summed E-state index contributed by atoms with van der Waals surface area (Å²) in [6.45, 7) is 4.35. The van der Waals surface area contributed by atoms with Gasteiger partial charge in [-0.3, -0.25) is 14.5 Å². The summed E-state index contributed by atoms with van der Waals surface area (Å²) in [6.07, 6.45) is 0.813. The number of hydrogen-bond donors (Lipinski definition) is 1. The summed E-state index contributed by atoms with van der Waals surface area (Å²) in [4.78, 5) is 30.7. The molecule has 3 rings (SSSR count). The van der Waals surface area contributed by atoms with E-state index in [1.165, 1.54) is 11.3 Å². The first-order valence-corrected chi connectivity index (χ1v) is 11.3. The number of piperazine rings is 1. The summed E-state index contributed by atoms with van der Waals surface area (Å²) >= 11 is 4.97. The van der Waals surface area contributed by atoms with Crippen LogP contribution >= 0.6 is 27.3 Å². The first-order valence-electron chi connectivity index (χ1n) is 9.70. The van der Waals surface area contributed by atoms with E-state index in [9.17, 15) is 9.59 Å². The average Bonchev–Trinajstić information content (AvgIpc) is 3.22. The Morgan fingerprint density at radius 1 is 1.10 bits per heavy atom. The van der Waals surface area contributed by atoms with Gasteiger partial charge in [0.05, 0.1) is 11.4 Å². The molecule has 1 aromatic carbocycles. The highest BCUT2D eigenvalue weighted by Gasteiger charge is 2.24. The molecule has 1 aliphatic heterocycles. The molecule has 6 nitrogen and oxygen atoms in total. The Balaban J connectivity index is 1.46. The molecule has 2 aromatic rings. The molecule has 29 heavy (non-hydrogen) atoms. The SMILES string of the molecule is COCCCNC(=O)CN1CCN(C(=O)c2ccc(-c3ccc(Br)cc3)s2)CC1. The molecule has 0 spiro atoms. The van der Waals surface area contributed by atoms with Crippen molar-refractivity contribution in [3.05, 3.63) is 45.7 Å². The van der Waals surface area contributed by atoms with Crippen LogP contribution < -0.4 is 5.32 Å². The molecule has 0 saturated carbocycles. The monoisotopic (exact) mass is 479 g/mol. The van der Waals surface area contributed by atoms with Crippen molar-refractivity contribution >= 4 is 39.1 Å². The van der Waals surface area contributed by atoms with E-state index in [0.717, 1.165) is 26.2 Å². The van der Waals surface area contributed by atoms with Gasteiger partial charge in [0.2, 0.25) is 5.91 Å². The molecule has 8 heteroatoms. The smallest absolute Gasteiger partial charge is 0.264 e. The van der Waals surface area contributed by atoms with Gasteiger partial charge in [-0.25, -0.2) is 0 Å². The van der Waals surface area contributed by atoms with Crippen molar-refractivity contribution in [2.24, 2.45) is 0 Å². The minimum atomic E-state index is 0.0262. The van der Waals surface area contributed by atoms with E-state index >= 15 is 0 Å². The van der Waals surface area contributed by atoms with Crippen LogP contribution in [0.25, 0.3) is 10.4 Å². The summed E-state index contributed by atoms with van der Waals surface area (Å²) in [5, 5.41) is 2.90. The Morgan fingerprint density at radius 3 is 2.52 bits per heavy atom. The minimum Gasteiger partial charge on any atom is -0.385 e. The third-order valence-corrected chi connectivity index (χ3v) is 6.47. The van der Waals surface area contributed by atoms with Crippen molar-refractivity contribution in [1.82, 2.24) is 15.1 Å². The number of halogens is 1. The number of methoxy groups -OCH3 is 1. The van der Waals surface area contributed by atoms with Crippen LogP contribution in [0.1, 0.15) is 16.1 Å². The summed E-state index contributed by atoms with van der Waals surface area (Å²) < 4.78 is 6.01. The number of amides is 2. The van der Waals surface area contributed by atoms with Crippen molar-refractivity contribution < 1.29 is 14.3 Å². The summed E-state index contributed by atoms with van der Waals surface area (Å²) in [7, 11) is 1.65. The number of carbonyl (C=O) groups is 2. The van der Waals surface area contributed by atoms with Crippen LogP contribution in [0.2, 0.25) is 0 Å². The third-order valence-electron chi connectivity index (χ3n) is 4.82. The predicted molar refractivity (Wildman–Crippen MR) is 119 cm³/mol. The second kappa shape index (κ2) is 10.9. The Bertz CT molecular complexity index is 817. The lowest BCUT2D eigenvalue weighted by Crippen LogP contribution is -2.51. The van der Waals surface area contributed by atoms with E-state index in [-0.39, 0.29) is 11.8 Å². The van der Waals surface area contributed by atoms with E-state index in [1.54, 1.807) is 7.11 Å². The van der Waals surface area contributed by atoms with Crippen LogP contribution in [-0.2, 0) is 9.53 Å². The van der Waals surface area contributed by atoms with E-state index in [2.05, 4.69) is 26.1 Å². The maximum atomic E-state index is 12.8. The van der Waals surface area contributed by atoms with Crippen LogP contribution in [0.5, 0.6) is 0 Å². The van der Waals surface area contributed by atoms with Gasteiger partial charge in [0.15, 0.2) is 0 Å². The largest absolute Gasteiger partial charge is 0.385 e.